The second kappa shape index (κ2) is 6.49. The summed E-state index contributed by atoms with van der Waals surface area (Å²) in [5.74, 6) is 2.62. The maximum absolute atomic E-state index is 5.65. The molecule has 1 saturated carbocycles. The first-order valence-corrected chi connectivity index (χ1v) is 7.98. The van der Waals surface area contributed by atoms with Crippen molar-refractivity contribution in [2.24, 2.45) is 5.92 Å². The van der Waals surface area contributed by atoms with Gasteiger partial charge in [-0.2, -0.15) is 0 Å². The van der Waals surface area contributed by atoms with Crippen molar-refractivity contribution in [3.63, 3.8) is 0 Å². The van der Waals surface area contributed by atoms with Crippen LogP contribution >= 0.6 is 0 Å². The van der Waals surface area contributed by atoms with Gasteiger partial charge in [-0.1, -0.05) is 32.3 Å². The lowest BCUT2D eigenvalue weighted by molar-refractivity contribution is 0.171. The molecule has 1 aromatic rings. The molecule has 1 aliphatic heterocycles. The quantitative estimate of drug-likeness (QED) is 0.912. The van der Waals surface area contributed by atoms with Crippen LogP contribution < -0.4 is 14.8 Å². The Morgan fingerprint density at radius 1 is 1.10 bits per heavy atom. The molecule has 2 unspecified atom stereocenters. The molecule has 20 heavy (non-hydrogen) atoms. The Bertz CT molecular complexity index is 447. The first-order valence-electron chi connectivity index (χ1n) is 7.98. The maximum Gasteiger partial charge on any atom is 0.161 e. The van der Waals surface area contributed by atoms with E-state index in [1.54, 1.807) is 0 Å². The topological polar surface area (TPSA) is 30.5 Å². The molecule has 2 aliphatic rings. The summed E-state index contributed by atoms with van der Waals surface area (Å²) < 4.78 is 11.2. The van der Waals surface area contributed by atoms with Crippen LogP contribution in [0.1, 0.15) is 44.6 Å². The first kappa shape index (κ1) is 13.7. The fourth-order valence-electron chi connectivity index (χ4n) is 3.41. The van der Waals surface area contributed by atoms with Crippen LogP contribution in [0.25, 0.3) is 0 Å². The van der Waals surface area contributed by atoms with Crippen LogP contribution in [0, 0.1) is 5.92 Å². The summed E-state index contributed by atoms with van der Waals surface area (Å²) in [6.07, 6.45) is 6.77. The minimum absolute atomic E-state index is 0.657. The molecule has 0 aromatic heterocycles. The van der Waals surface area contributed by atoms with E-state index in [2.05, 4.69) is 24.4 Å². The number of benzene rings is 1. The number of rotatable bonds is 4. The summed E-state index contributed by atoms with van der Waals surface area (Å²) in [6, 6.07) is 6.97. The molecule has 110 valence electrons. The van der Waals surface area contributed by atoms with Crippen molar-refractivity contribution in [1.29, 1.82) is 0 Å². The molecule has 3 heteroatoms. The summed E-state index contributed by atoms with van der Waals surface area (Å²) in [7, 11) is 0. The van der Waals surface area contributed by atoms with Gasteiger partial charge in [-0.3, -0.25) is 0 Å². The molecule has 0 spiro atoms. The van der Waals surface area contributed by atoms with Crippen LogP contribution in [-0.4, -0.2) is 19.3 Å². The molecule has 0 bridgehead atoms. The van der Waals surface area contributed by atoms with Crippen molar-refractivity contribution >= 4 is 0 Å². The van der Waals surface area contributed by atoms with Crippen molar-refractivity contribution in [3.8, 4) is 11.5 Å². The lowest BCUT2D eigenvalue weighted by Gasteiger charge is -2.31. The molecule has 1 aliphatic carbocycles. The van der Waals surface area contributed by atoms with Gasteiger partial charge in [0.25, 0.3) is 0 Å². The number of hydrogen-bond donors (Lipinski definition) is 1. The van der Waals surface area contributed by atoms with E-state index in [-0.39, 0.29) is 0 Å². The van der Waals surface area contributed by atoms with Gasteiger partial charge >= 0.3 is 0 Å². The average Bonchev–Trinajstić information content (AvgIpc) is 2.53. The van der Waals surface area contributed by atoms with E-state index >= 15 is 0 Å². The Morgan fingerprint density at radius 3 is 2.75 bits per heavy atom. The summed E-state index contributed by atoms with van der Waals surface area (Å²) in [5, 5.41) is 3.75. The third kappa shape index (κ3) is 3.09. The molecule has 0 amide bonds. The fourth-order valence-corrected chi connectivity index (χ4v) is 3.41. The van der Waals surface area contributed by atoms with E-state index in [9.17, 15) is 0 Å². The van der Waals surface area contributed by atoms with Crippen LogP contribution in [-0.2, 0) is 6.54 Å². The van der Waals surface area contributed by atoms with E-state index in [4.69, 9.17) is 9.47 Å². The minimum atomic E-state index is 0.657. The van der Waals surface area contributed by atoms with Gasteiger partial charge in [0, 0.05) is 12.6 Å². The molecule has 3 nitrogen and oxygen atoms in total. The Morgan fingerprint density at radius 2 is 1.90 bits per heavy atom. The lowest BCUT2D eigenvalue weighted by atomic mass is 9.83. The standard InChI is InChI=1S/C17H25NO2/c1-2-14-5-3-4-6-15(14)18-12-13-7-8-16-17(11-13)20-10-9-19-16/h7-8,11,14-15,18H,2-6,9-10,12H2,1H3. The van der Waals surface area contributed by atoms with Crippen LogP contribution in [0.5, 0.6) is 11.5 Å². The summed E-state index contributed by atoms with van der Waals surface area (Å²) in [6.45, 7) is 4.56. The fraction of sp³-hybridized carbons (Fsp3) is 0.647. The average molecular weight is 275 g/mol. The predicted octanol–water partition coefficient (Wildman–Crippen LogP) is 3.52. The first-order chi connectivity index (χ1) is 9.86. The van der Waals surface area contributed by atoms with E-state index in [1.165, 1.54) is 37.7 Å². The summed E-state index contributed by atoms with van der Waals surface area (Å²) >= 11 is 0. The van der Waals surface area contributed by atoms with Crippen LogP contribution in [0.4, 0.5) is 0 Å². The van der Waals surface area contributed by atoms with Gasteiger partial charge in [0.15, 0.2) is 11.5 Å². The molecule has 0 saturated heterocycles. The molecular formula is C17H25NO2. The highest BCUT2D eigenvalue weighted by Crippen LogP contribution is 2.31. The highest BCUT2D eigenvalue weighted by atomic mass is 16.6. The second-order valence-corrected chi connectivity index (χ2v) is 5.92. The third-order valence-corrected chi connectivity index (χ3v) is 4.61. The van der Waals surface area contributed by atoms with Crippen molar-refractivity contribution in [1.82, 2.24) is 5.32 Å². The third-order valence-electron chi connectivity index (χ3n) is 4.61. The smallest absolute Gasteiger partial charge is 0.161 e. The van der Waals surface area contributed by atoms with Crippen molar-refractivity contribution in [2.75, 3.05) is 13.2 Å². The molecule has 2 atom stereocenters. The van der Waals surface area contributed by atoms with E-state index < -0.39 is 0 Å². The Kier molecular flexibility index (Phi) is 4.46. The highest BCUT2D eigenvalue weighted by Gasteiger charge is 2.23. The van der Waals surface area contributed by atoms with Crippen LogP contribution in [0.15, 0.2) is 18.2 Å². The molecule has 0 radical (unpaired) electrons. The van der Waals surface area contributed by atoms with Gasteiger partial charge < -0.3 is 14.8 Å². The van der Waals surface area contributed by atoms with Gasteiger partial charge in [-0.25, -0.2) is 0 Å². The van der Waals surface area contributed by atoms with Crippen LogP contribution in [0.2, 0.25) is 0 Å². The monoisotopic (exact) mass is 275 g/mol. The summed E-state index contributed by atoms with van der Waals surface area (Å²) in [4.78, 5) is 0. The van der Waals surface area contributed by atoms with Gasteiger partial charge in [-0.15, -0.1) is 0 Å². The minimum Gasteiger partial charge on any atom is -0.486 e. The Balaban J connectivity index is 1.60. The number of hydrogen-bond acceptors (Lipinski definition) is 3. The molecule has 1 fully saturated rings. The van der Waals surface area contributed by atoms with Gasteiger partial charge in [0.05, 0.1) is 0 Å². The normalized spacial score (nSPS) is 25.4. The van der Waals surface area contributed by atoms with Crippen molar-refractivity contribution in [2.45, 2.75) is 51.6 Å². The zero-order valence-corrected chi connectivity index (χ0v) is 12.4. The maximum atomic E-state index is 5.65. The molecule has 1 aromatic carbocycles. The highest BCUT2D eigenvalue weighted by molar-refractivity contribution is 5.43. The Hall–Kier alpha value is -1.22. The summed E-state index contributed by atoms with van der Waals surface area (Å²) in [5.41, 5.74) is 1.29. The van der Waals surface area contributed by atoms with E-state index in [0.717, 1.165) is 24.0 Å². The SMILES string of the molecule is CCC1CCCCC1NCc1ccc2c(c1)OCCO2. The van der Waals surface area contributed by atoms with Crippen molar-refractivity contribution in [3.05, 3.63) is 23.8 Å². The van der Waals surface area contributed by atoms with Gasteiger partial charge in [0.2, 0.25) is 0 Å². The van der Waals surface area contributed by atoms with E-state index in [0.29, 0.717) is 19.3 Å². The Labute approximate surface area is 121 Å². The van der Waals surface area contributed by atoms with Crippen molar-refractivity contribution < 1.29 is 9.47 Å². The molecule has 1 heterocycles. The zero-order chi connectivity index (χ0) is 13.8. The number of nitrogens with one attached hydrogen (secondary N) is 1. The van der Waals surface area contributed by atoms with E-state index in [1.807, 2.05) is 6.07 Å². The largest absolute Gasteiger partial charge is 0.486 e. The molecule has 1 N–H and O–H groups in total. The van der Waals surface area contributed by atoms with Crippen LogP contribution in [0.3, 0.4) is 0 Å². The number of fused-ring (bicyclic) bond motifs is 1. The zero-order valence-electron chi connectivity index (χ0n) is 12.4. The number of ether oxygens (including phenoxy) is 2. The molecule has 3 rings (SSSR count). The predicted molar refractivity (Wildman–Crippen MR) is 80.3 cm³/mol. The van der Waals surface area contributed by atoms with Gasteiger partial charge in [0.1, 0.15) is 13.2 Å². The second-order valence-electron chi connectivity index (χ2n) is 5.92. The lowest BCUT2D eigenvalue weighted by Crippen LogP contribution is -2.37. The van der Waals surface area contributed by atoms with Gasteiger partial charge in [-0.05, 0) is 36.5 Å². The molecular weight excluding hydrogens is 250 g/mol.